The highest BCUT2D eigenvalue weighted by Gasteiger charge is 2.09. The number of hydrogen-bond acceptors (Lipinski definition) is 2. The molecule has 0 amide bonds. The second-order valence-electron chi connectivity index (χ2n) is 4.58. The summed E-state index contributed by atoms with van der Waals surface area (Å²) in [5.74, 6) is 0. The maximum absolute atomic E-state index is 3.43. The molecule has 1 aromatic rings. The van der Waals surface area contributed by atoms with Crippen LogP contribution in [0.1, 0.15) is 17.5 Å². The molecule has 0 bridgehead atoms. The summed E-state index contributed by atoms with van der Waals surface area (Å²) in [5.41, 5.74) is 4.30. The molecule has 0 spiro atoms. The summed E-state index contributed by atoms with van der Waals surface area (Å²) in [6.45, 7) is 2.28. The van der Waals surface area contributed by atoms with Gasteiger partial charge in [0.1, 0.15) is 0 Å². The number of anilines is 1. The van der Waals surface area contributed by atoms with Crippen LogP contribution < -0.4 is 5.32 Å². The van der Waals surface area contributed by atoms with Gasteiger partial charge < -0.3 is 10.2 Å². The molecule has 0 radical (unpaired) electrons. The van der Waals surface area contributed by atoms with Crippen LogP contribution in [0.3, 0.4) is 0 Å². The number of rotatable bonds is 4. The molecule has 1 aliphatic rings. The van der Waals surface area contributed by atoms with Crippen LogP contribution in [-0.4, -0.2) is 32.1 Å². The number of nitrogens with one attached hydrogen (secondary N) is 1. The van der Waals surface area contributed by atoms with Crippen LogP contribution in [-0.2, 0) is 12.8 Å². The smallest absolute Gasteiger partial charge is 0.0376 e. The van der Waals surface area contributed by atoms with Crippen LogP contribution in [0.2, 0.25) is 0 Å². The third-order valence-corrected chi connectivity index (χ3v) is 2.95. The molecule has 1 aromatic carbocycles. The summed E-state index contributed by atoms with van der Waals surface area (Å²) in [5, 5.41) is 3.43. The van der Waals surface area contributed by atoms with E-state index in [9.17, 15) is 0 Å². The largest absolute Gasteiger partial charge is 0.384 e. The summed E-state index contributed by atoms with van der Waals surface area (Å²) in [6.07, 6.45) is 3.62. The Labute approximate surface area is 92.3 Å². The fourth-order valence-corrected chi connectivity index (χ4v) is 2.09. The van der Waals surface area contributed by atoms with Gasteiger partial charge in [0.05, 0.1) is 0 Å². The first kappa shape index (κ1) is 10.5. The first-order valence-corrected chi connectivity index (χ1v) is 5.76. The maximum atomic E-state index is 3.43. The molecule has 0 aliphatic carbocycles. The van der Waals surface area contributed by atoms with Gasteiger partial charge in [0.2, 0.25) is 0 Å². The predicted molar refractivity (Wildman–Crippen MR) is 65.5 cm³/mol. The van der Waals surface area contributed by atoms with Gasteiger partial charge in [-0.2, -0.15) is 0 Å². The van der Waals surface area contributed by atoms with E-state index in [2.05, 4.69) is 42.5 Å². The second kappa shape index (κ2) is 4.67. The van der Waals surface area contributed by atoms with Crippen molar-refractivity contribution < 1.29 is 0 Å². The first-order valence-electron chi connectivity index (χ1n) is 5.76. The van der Waals surface area contributed by atoms with E-state index in [0.29, 0.717) is 0 Å². The summed E-state index contributed by atoms with van der Waals surface area (Å²) in [6, 6.07) is 6.87. The van der Waals surface area contributed by atoms with Crippen molar-refractivity contribution in [3.63, 3.8) is 0 Å². The van der Waals surface area contributed by atoms with Gasteiger partial charge in [-0.3, -0.25) is 0 Å². The summed E-state index contributed by atoms with van der Waals surface area (Å²) in [4.78, 5) is 2.24. The average molecular weight is 204 g/mol. The van der Waals surface area contributed by atoms with Crippen molar-refractivity contribution in [2.75, 3.05) is 32.5 Å². The second-order valence-corrected chi connectivity index (χ2v) is 4.58. The Hall–Kier alpha value is -1.02. The van der Waals surface area contributed by atoms with Crippen molar-refractivity contribution >= 4 is 5.69 Å². The highest BCUT2D eigenvalue weighted by atomic mass is 15.0. The summed E-state index contributed by atoms with van der Waals surface area (Å²) >= 11 is 0. The zero-order valence-electron chi connectivity index (χ0n) is 9.71. The average Bonchev–Trinajstić information content (AvgIpc) is 2.64. The van der Waals surface area contributed by atoms with E-state index in [1.54, 1.807) is 0 Å². The van der Waals surface area contributed by atoms with Crippen molar-refractivity contribution in [1.29, 1.82) is 0 Å². The molecule has 0 unspecified atom stereocenters. The Balaban J connectivity index is 1.92. The van der Waals surface area contributed by atoms with E-state index in [-0.39, 0.29) is 0 Å². The molecule has 1 N–H and O–H groups in total. The number of benzene rings is 1. The van der Waals surface area contributed by atoms with Crippen molar-refractivity contribution in [3.8, 4) is 0 Å². The third kappa shape index (κ3) is 2.72. The molecular formula is C13H20N2. The molecule has 0 fully saturated rings. The number of aryl methyl sites for hydroxylation is 1. The van der Waals surface area contributed by atoms with Crippen LogP contribution in [0, 0.1) is 0 Å². The molecule has 15 heavy (non-hydrogen) atoms. The number of nitrogens with zero attached hydrogens (tertiary/aromatic N) is 1. The van der Waals surface area contributed by atoms with E-state index < -0.39 is 0 Å². The Morgan fingerprint density at radius 3 is 3.00 bits per heavy atom. The minimum atomic E-state index is 1.11. The first-order chi connectivity index (χ1) is 7.25. The minimum Gasteiger partial charge on any atom is -0.384 e. The molecular weight excluding hydrogens is 184 g/mol. The number of fused-ring (bicyclic) bond motifs is 1. The van der Waals surface area contributed by atoms with Crippen LogP contribution in [0.5, 0.6) is 0 Å². The van der Waals surface area contributed by atoms with Gasteiger partial charge in [0.25, 0.3) is 0 Å². The molecule has 0 aromatic heterocycles. The van der Waals surface area contributed by atoms with Gasteiger partial charge in [-0.05, 0) is 57.1 Å². The Kier molecular flexibility index (Phi) is 3.27. The fraction of sp³-hybridized carbons (Fsp3) is 0.538. The van der Waals surface area contributed by atoms with E-state index in [0.717, 1.165) is 6.54 Å². The standard InChI is InChI=1S/C13H20N2/c1-15(2)9-3-4-11-5-6-12-7-8-14-13(12)10-11/h5-6,10,14H,3-4,7-9H2,1-2H3. The van der Waals surface area contributed by atoms with Crippen molar-refractivity contribution in [2.45, 2.75) is 19.3 Å². The summed E-state index contributed by atoms with van der Waals surface area (Å²) in [7, 11) is 4.26. The zero-order valence-corrected chi connectivity index (χ0v) is 9.71. The van der Waals surface area contributed by atoms with E-state index in [1.807, 2.05) is 0 Å². The molecule has 1 heterocycles. The Bertz CT molecular complexity index is 331. The SMILES string of the molecule is CN(C)CCCc1ccc2c(c1)NCC2. The maximum Gasteiger partial charge on any atom is 0.0376 e. The normalized spacial score (nSPS) is 14.1. The molecule has 2 nitrogen and oxygen atoms in total. The van der Waals surface area contributed by atoms with Gasteiger partial charge in [-0.1, -0.05) is 12.1 Å². The molecule has 0 saturated carbocycles. The van der Waals surface area contributed by atoms with E-state index >= 15 is 0 Å². The zero-order chi connectivity index (χ0) is 10.7. The highest BCUT2D eigenvalue weighted by molar-refractivity contribution is 5.57. The Morgan fingerprint density at radius 2 is 2.20 bits per heavy atom. The molecule has 82 valence electrons. The van der Waals surface area contributed by atoms with Gasteiger partial charge in [0.15, 0.2) is 0 Å². The minimum absolute atomic E-state index is 1.11. The third-order valence-electron chi connectivity index (χ3n) is 2.95. The number of hydrogen-bond donors (Lipinski definition) is 1. The topological polar surface area (TPSA) is 15.3 Å². The van der Waals surface area contributed by atoms with Crippen molar-refractivity contribution in [2.24, 2.45) is 0 Å². The quantitative estimate of drug-likeness (QED) is 0.808. The lowest BCUT2D eigenvalue weighted by atomic mass is 10.1. The van der Waals surface area contributed by atoms with Gasteiger partial charge in [0, 0.05) is 12.2 Å². The van der Waals surface area contributed by atoms with E-state index in [1.165, 1.54) is 42.6 Å². The lowest BCUT2D eigenvalue weighted by molar-refractivity contribution is 0.400. The molecule has 1 aliphatic heterocycles. The van der Waals surface area contributed by atoms with Gasteiger partial charge in [-0.25, -0.2) is 0 Å². The van der Waals surface area contributed by atoms with Crippen LogP contribution >= 0.6 is 0 Å². The van der Waals surface area contributed by atoms with Crippen molar-refractivity contribution in [3.05, 3.63) is 29.3 Å². The van der Waals surface area contributed by atoms with Crippen LogP contribution in [0.15, 0.2) is 18.2 Å². The van der Waals surface area contributed by atoms with Crippen LogP contribution in [0.25, 0.3) is 0 Å². The molecule has 0 atom stereocenters. The molecule has 2 rings (SSSR count). The highest BCUT2D eigenvalue weighted by Crippen LogP contribution is 2.23. The monoisotopic (exact) mass is 204 g/mol. The lowest BCUT2D eigenvalue weighted by Crippen LogP contribution is -2.13. The van der Waals surface area contributed by atoms with Crippen LogP contribution in [0.4, 0.5) is 5.69 Å². The lowest BCUT2D eigenvalue weighted by Gasteiger charge is -2.09. The van der Waals surface area contributed by atoms with Crippen molar-refractivity contribution in [1.82, 2.24) is 4.90 Å². The summed E-state index contributed by atoms with van der Waals surface area (Å²) < 4.78 is 0. The molecule has 0 saturated heterocycles. The molecule has 2 heteroatoms. The van der Waals surface area contributed by atoms with Gasteiger partial charge >= 0.3 is 0 Å². The fourth-order valence-electron chi connectivity index (χ4n) is 2.09. The van der Waals surface area contributed by atoms with Gasteiger partial charge in [-0.15, -0.1) is 0 Å². The Morgan fingerprint density at radius 1 is 1.33 bits per heavy atom. The predicted octanol–water partition coefficient (Wildman–Crippen LogP) is 2.15. The van der Waals surface area contributed by atoms with E-state index in [4.69, 9.17) is 0 Å².